The van der Waals surface area contributed by atoms with Gasteiger partial charge in [0.25, 0.3) is 5.91 Å². The SMILES string of the molecule is CNc1nnc(C(=O)N(C)C2CCC2)s1. The van der Waals surface area contributed by atoms with E-state index in [1.54, 1.807) is 11.9 Å². The smallest absolute Gasteiger partial charge is 0.284 e. The minimum Gasteiger partial charge on any atom is -0.363 e. The molecular weight excluding hydrogens is 212 g/mol. The van der Waals surface area contributed by atoms with Crippen molar-refractivity contribution in [3.05, 3.63) is 5.01 Å². The van der Waals surface area contributed by atoms with Gasteiger partial charge in [-0.1, -0.05) is 11.3 Å². The molecular formula is C9H14N4OS. The molecule has 1 aliphatic carbocycles. The Hall–Kier alpha value is -1.17. The van der Waals surface area contributed by atoms with Gasteiger partial charge in [-0.3, -0.25) is 4.79 Å². The fourth-order valence-corrected chi connectivity index (χ4v) is 2.18. The van der Waals surface area contributed by atoms with Crippen LogP contribution >= 0.6 is 11.3 Å². The first-order chi connectivity index (χ1) is 7.22. The Balaban J connectivity index is 2.05. The van der Waals surface area contributed by atoms with Gasteiger partial charge in [0.1, 0.15) is 0 Å². The zero-order valence-electron chi connectivity index (χ0n) is 8.86. The fraction of sp³-hybridized carbons (Fsp3) is 0.667. The van der Waals surface area contributed by atoms with Crippen molar-refractivity contribution in [2.75, 3.05) is 19.4 Å². The van der Waals surface area contributed by atoms with E-state index in [1.807, 2.05) is 7.05 Å². The van der Waals surface area contributed by atoms with Gasteiger partial charge >= 0.3 is 0 Å². The zero-order chi connectivity index (χ0) is 10.8. The van der Waals surface area contributed by atoms with E-state index in [4.69, 9.17) is 0 Å². The van der Waals surface area contributed by atoms with Gasteiger partial charge in [0.2, 0.25) is 10.1 Å². The van der Waals surface area contributed by atoms with Crippen LogP contribution in [0.4, 0.5) is 5.13 Å². The Morgan fingerprint density at radius 2 is 2.27 bits per heavy atom. The lowest BCUT2D eigenvalue weighted by Gasteiger charge is -2.34. The summed E-state index contributed by atoms with van der Waals surface area (Å²) in [4.78, 5) is 13.7. The van der Waals surface area contributed by atoms with Gasteiger partial charge in [-0.25, -0.2) is 0 Å². The number of nitrogens with zero attached hydrogens (tertiary/aromatic N) is 3. The summed E-state index contributed by atoms with van der Waals surface area (Å²) in [6, 6.07) is 0.402. The van der Waals surface area contributed by atoms with Crippen molar-refractivity contribution in [3.8, 4) is 0 Å². The molecule has 1 fully saturated rings. The second-order valence-corrected chi connectivity index (χ2v) is 4.64. The van der Waals surface area contributed by atoms with Crippen molar-refractivity contribution in [2.45, 2.75) is 25.3 Å². The predicted octanol–water partition coefficient (Wildman–Crippen LogP) is 1.20. The summed E-state index contributed by atoms with van der Waals surface area (Å²) in [6.07, 6.45) is 3.44. The monoisotopic (exact) mass is 226 g/mol. The van der Waals surface area contributed by atoms with Crippen LogP contribution in [0, 0.1) is 0 Å². The van der Waals surface area contributed by atoms with Gasteiger partial charge in [0.05, 0.1) is 0 Å². The number of amides is 1. The summed E-state index contributed by atoms with van der Waals surface area (Å²) in [5, 5.41) is 11.7. The van der Waals surface area contributed by atoms with Gasteiger partial charge < -0.3 is 10.2 Å². The first-order valence-corrected chi connectivity index (χ1v) is 5.82. The topological polar surface area (TPSA) is 58.1 Å². The lowest BCUT2D eigenvalue weighted by atomic mass is 9.92. The van der Waals surface area contributed by atoms with Crippen molar-refractivity contribution in [1.82, 2.24) is 15.1 Å². The summed E-state index contributed by atoms with van der Waals surface area (Å²) < 4.78 is 0. The maximum absolute atomic E-state index is 11.9. The summed E-state index contributed by atoms with van der Waals surface area (Å²) in [7, 11) is 3.61. The highest BCUT2D eigenvalue weighted by Gasteiger charge is 2.28. The molecule has 1 aromatic heterocycles. The Morgan fingerprint density at radius 3 is 2.73 bits per heavy atom. The number of hydrogen-bond donors (Lipinski definition) is 1. The highest BCUT2D eigenvalue weighted by molar-refractivity contribution is 7.17. The molecule has 0 unspecified atom stereocenters. The molecule has 15 heavy (non-hydrogen) atoms. The number of anilines is 1. The normalized spacial score (nSPS) is 15.9. The van der Waals surface area contributed by atoms with Gasteiger partial charge in [-0.15, -0.1) is 10.2 Å². The second kappa shape index (κ2) is 4.14. The van der Waals surface area contributed by atoms with Crippen LogP contribution < -0.4 is 5.32 Å². The number of carbonyl (C=O) groups excluding carboxylic acids is 1. The molecule has 0 aliphatic heterocycles. The van der Waals surface area contributed by atoms with Crippen LogP contribution in [-0.2, 0) is 0 Å². The van der Waals surface area contributed by atoms with Crippen LogP contribution in [0.1, 0.15) is 29.1 Å². The van der Waals surface area contributed by atoms with Gasteiger partial charge in [0.15, 0.2) is 0 Å². The Labute approximate surface area is 92.5 Å². The van der Waals surface area contributed by atoms with E-state index in [9.17, 15) is 4.79 Å². The summed E-state index contributed by atoms with van der Waals surface area (Å²) >= 11 is 1.30. The highest BCUT2D eigenvalue weighted by Crippen LogP contribution is 2.25. The van der Waals surface area contributed by atoms with E-state index in [1.165, 1.54) is 17.8 Å². The molecule has 0 atom stereocenters. The quantitative estimate of drug-likeness (QED) is 0.841. The van der Waals surface area contributed by atoms with E-state index in [0.717, 1.165) is 12.8 Å². The molecule has 1 amide bonds. The molecule has 0 saturated heterocycles. The second-order valence-electron chi connectivity index (χ2n) is 3.66. The van der Waals surface area contributed by atoms with Gasteiger partial charge in [-0.2, -0.15) is 0 Å². The molecule has 5 nitrogen and oxygen atoms in total. The lowest BCUT2D eigenvalue weighted by molar-refractivity contribution is 0.0651. The molecule has 82 valence electrons. The predicted molar refractivity (Wildman–Crippen MR) is 59.2 cm³/mol. The highest BCUT2D eigenvalue weighted by atomic mass is 32.1. The van der Waals surface area contributed by atoms with Crippen LogP contribution in [0.2, 0.25) is 0 Å². The standard InChI is InChI=1S/C9H14N4OS/c1-10-9-12-11-7(15-9)8(14)13(2)6-4-3-5-6/h6H,3-5H2,1-2H3,(H,10,12). The van der Waals surface area contributed by atoms with Gasteiger partial charge in [-0.05, 0) is 19.3 Å². The Kier molecular flexibility index (Phi) is 2.86. The average molecular weight is 226 g/mol. The third-order valence-corrected chi connectivity index (χ3v) is 3.69. The van der Waals surface area contributed by atoms with Crippen LogP contribution in [0.25, 0.3) is 0 Å². The molecule has 0 radical (unpaired) electrons. The molecule has 1 saturated carbocycles. The van der Waals surface area contributed by atoms with Crippen LogP contribution in [0.5, 0.6) is 0 Å². The minimum atomic E-state index is -0.0151. The Bertz CT molecular complexity index is 361. The first-order valence-electron chi connectivity index (χ1n) is 5.01. The van der Waals surface area contributed by atoms with Crippen LogP contribution in [-0.4, -0.2) is 41.1 Å². The summed E-state index contributed by atoms with van der Waals surface area (Å²) in [5.74, 6) is -0.0151. The van der Waals surface area contributed by atoms with Gasteiger partial charge in [0, 0.05) is 20.1 Å². The maximum Gasteiger partial charge on any atom is 0.284 e. The van der Waals surface area contributed by atoms with E-state index in [0.29, 0.717) is 16.2 Å². The third-order valence-electron chi connectivity index (χ3n) is 2.76. The summed E-state index contributed by atoms with van der Waals surface area (Å²) in [5.41, 5.74) is 0. The molecule has 1 heterocycles. The first kappa shape index (κ1) is 10.4. The maximum atomic E-state index is 11.9. The number of nitrogens with one attached hydrogen (secondary N) is 1. The minimum absolute atomic E-state index is 0.0151. The van der Waals surface area contributed by atoms with E-state index < -0.39 is 0 Å². The molecule has 6 heteroatoms. The van der Waals surface area contributed by atoms with Crippen molar-refractivity contribution in [1.29, 1.82) is 0 Å². The van der Waals surface area contributed by atoms with E-state index in [2.05, 4.69) is 15.5 Å². The van der Waals surface area contributed by atoms with Crippen molar-refractivity contribution >= 4 is 22.4 Å². The molecule has 1 N–H and O–H groups in total. The molecule has 1 aromatic rings. The zero-order valence-corrected chi connectivity index (χ0v) is 9.67. The molecule has 0 spiro atoms. The van der Waals surface area contributed by atoms with Crippen molar-refractivity contribution in [3.63, 3.8) is 0 Å². The molecule has 1 aliphatic rings. The van der Waals surface area contributed by atoms with Crippen LogP contribution in [0.3, 0.4) is 0 Å². The van der Waals surface area contributed by atoms with Crippen LogP contribution in [0.15, 0.2) is 0 Å². The number of aromatic nitrogens is 2. The number of rotatable bonds is 3. The average Bonchev–Trinajstić information content (AvgIpc) is 2.61. The number of hydrogen-bond acceptors (Lipinski definition) is 5. The largest absolute Gasteiger partial charge is 0.363 e. The van der Waals surface area contributed by atoms with Crippen molar-refractivity contribution < 1.29 is 4.79 Å². The summed E-state index contributed by atoms with van der Waals surface area (Å²) in [6.45, 7) is 0. The van der Waals surface area contributed by atoms with E-state index >= 15 is 0 Å². The third kappa shape index (κ3) is 1.94. The van der Waals surface area contributed by atoms with Crippen molar-refractivity contribution in [2.24, 2.45) is 0 Å². The number of carbonyl (C=O) groups is 1. The van der Waals surface area contributed by atoms with E-state index in [-0.39, 0.29) is 5.91 Å². The molecule has 0 aromatic carbocycles. The fourth-order valence-electron chi connectivity index (χ4n) is 1.50. The lowest BCUT2D eigenvalue weighted by Crippen LogP contribution is -2.41. The molecule has 0 bridgehead atoms. The molecule has 2 rings (SSSR count). The Morgan fingerprint density at radius 1 is 1.53 bits per heavy atom.